The van der Waals surface area contributed by atoms with Gasteiger partial charge in [-0.05, 0) is 47.7 Å². The Hall–Kier alpha value is -0.900. The van der Waals surface area contributed by atoms with E-state index in [1.165, 1.54) is 12.3 Å². The predicted molar refractivity (Wildman–Crippen MR) is 87.1 cm³/mol. The first kappa shape index (κ1) is 16.5. The van der Waals surface area contributed by atoms with Gasteiger partial charge in [0.05, 0.1) is 9.13 Å². The Morgan fingerprint density at radius 2 is 2.05 bits per heavy atom. The second-order valence-corrected chi connectivity index (χ2v) is 6.19. The molecule has 0 spiro atoms. The molecule has 2 rings (SSSR count). The first-order chi connectivity index (χ1) is 9.82. The van der Waals surface area contributed by atoms with Gasteiger partial charge in [-0.25, -0.2) is 9.97 Å². The summed E-state index contributed by atoms with van der Waals surface area (Å²) in [6.45, 7) is 2.51. The summed E-state index contributed by atoms with van der Waals surface area (Å²) in [6, 6.07) is 3.94. The molecule has 0 saturated heterocycles. The number of benzene rings is 1. The van der Waals surface area contributed by atoms with E-state index in [2.05, 4.69) is 31.2 Å². The standard InChI is InChI=1S/C13H10BrF3IN3/c1-2-19-12-10(18)6-20-11(21-12)8-4-3-7(14)5-9(8)13(15,16)17/h3-6H,2H2,1H3,(H,19,20,21). The van der Waals surface area contributed by atoms with E-state index < -0.39 is 11.7 Å². The lowest BCUT2D eigenvalue weighted by molar-refractivity contribution is -0.137. The zero-order chi connectivity index (χ0) is 15.6. The number of alkyl halides is 3. The van der Waals surface area contributed by atoms with E-state index in [1.807, 2.05) is 29.5 Å². The summed E-state index contributed by atoms with van der Waals surface area (Å²) in [5.74, 6) is 0.574. The van der Waals surface area contributed by atoms with E-state index in [0.717, 1.165) is 9.64 Å². The summed E-state index contributed by atoms with van der Waals surface area (Å²) in [5.41, 5.74) is -0.804. The number of halogens is 5. The fraction of sp³-hybridized carbons (Fsp3) is 0.231. The lowest BCUT2D eigenvalue weighted by Crippen LogP contribution is -2.09. The van der Waals surface area contributed by atoms with Gasteiger partial charge in [-0.2, -0.15) is 13.2 Å². The molecule has 0 atom stereocenters. The first-order valence-corrected chi connectivity index (χ1v) is 7.83. The van der Waals surface area contributed by atoms with Crippen molar-refractivity contribution in [2.24, 2.45) is 0 Å². The molecule has 0 unspecified atom stereocenters. The molecule has 2 aromatic rings. The van der Waals surface area contributed by atoms with Gasteiger partial charge in [0.2, 0.25) is 0 Å². The molecule has 8 heteroatoms. The Morgan fingerprint density at radius 1 is 1.33 bits per heavy atom. The van der Waals surface area contributed by atoms with Crippen LogP contribution in [0.3, 0.4) is 0 Å². The molecular weight excluding hydrogens is 462 g/mol. The zero-order valence-electron chi connectivity index (χ0n) is 10.8. The van der Waals surface area contributed by atoms with Gasteiger partial charge in [-0.1, -0.05) is 15.9 Å². The number of hydrogen-bond donors (Lipinski definition) is 1. The van der Waals surface area contributed by atoms with Gasteiger partial charge < -0.3 is 5.32 Å². The van der Waals surface area contributed by atoms with Gasteiger partial charge >= 0.3 is 6.18 Å². The molecule has 0 radical (unpaired) electrons. The quantitative estimate of drug-likeness (QED) is 0.643. The minimum absolute atomic E-state index is 0.0405. The second-order valence-electron chi connectivity index (χ2n) is 4.11. The fourth-order valence-electron chi connectivity index (χ4n) is 1.73. The number of anilines is 1. The zero-order valence-corrected chi connectivity index (χ0v) is 14.5. The van der Waals surface area contributed by atoms with Crippen LogP contribution in [0, 0.1) is 3.57 Å². The number of nitrogens with zero attached hydrogens (tertiary/aromatic N) is 2. The molecule has 1 N–H and O–H groups in total. The molecule has 0 aliphatic carbocycles. The number of rotatable bonds is 3. The van der Waals surface area contributed by atoms with Crippen molar-refractivity contribution in [2.75, 3.05) is 11.9 Å². The van der Waals surface area contributed by atoms with Crippen LogP contribution in [-0.2, 0) is 6.18 Å². The maximum absolute atomic E-state index is 13.1. The van der Waals surface area contributed by atoms with Crippen LogP contribution in [0.5, 0.6) is 0 Å². The fourth-order valence-corrected chi connectivity index (χ4v) is 2.55. The van der Waals surface area contributed by atoms with Crippen molar-refractivity contribution in [3.8, 4) is 11.4 Å². The topological polar surface area (TPSA) is 37.8 Å². The third-order valence-electron chi connectivity index (χ3n) is 2.62. The van der Waals surface area contributed by atoms with Crippen LogP contribution in [0.4, 0.5) is 19.0 Å². The van der Waals surface area contributed by atoms with Crippen LogP contribution >= 0.6 is 38.5 Å². The highest BCUT2D eigenvalue weighted by Crippen LogP contribution is 2.37. The van der Waals surface area contributed by atoms with Gasteiger partial charge in [0.15, 0.2) is 5.82 Å². The van der Waals surface area contributed by atoms with Crippen molar-refractivity contribution in [3.63, 3.8) is 0 Å². The SMILES string of the molecule is CCNc1nc(-c2ccc(Br)cc2C(F)(F)F)ncc1I. The summed E-state index contributed by atoms with van der Waals surface area (Å²) < 4.78 is 40.6. The predicted octanol–water partition coefficient (Wildman–Crippen LogP) is 4.96. The minimum atomic E-state index is -4.47. The van der Waals surface area contributed by atoms with E-state index in [9.17, 15) is 13.2 Å². The summed E-state index contributed by atoms with van der Waals surface area (Å²) in [6.07, 6.45) is -2.97. The largest absolute Gasteiger partial charge is 0.417 e. The number of hydrogen-bond acceptors (Lipinski definition) is 3. The van der Waals surface area contributed by atoms with Crippen LogP contribution in [-0.4, -0.2) is 16.5 Å². The van der Waals surface area contributed by atoms with Crippen LogP contribution in [0.1, 0.15) is 12.5 Å². The van der Waals surface area contributed by atoms with Crippen molar-refractivity contribution >= 4 is 44.3 Å². The molecule has 0 amide bonds. The molecule has 1 aromatic carbocycles. The average molecular weight is 472 g/mol. The Balaban J connectivity index is 2.59. The van der Waals surface area contributed by atoms with E-state index >= 15 is 0 Å². The number of aromatic nitrogens is 2. The van der Waals surface area contributed by atoms with E-state index in [-0.39, 0.29) is 11.4 Å². The second kappa shape index (κ2) is 6.47. The van der Waals surface area contributed by atoms with E-state index in [1.54, 1.807) is 6.07 Å². The highest BCUT2D eigenvalue weighted by Gasteiger charge is 2.34. The normalized spacial score (nSPS) is 11.5. The summed E-state index contributed by atoms with van der Waals surface area (Å²) in [4.78, 5) is 8.21. The maximum Gasteiger partial charge on any atom is 0.417 e. The van der Waals surface area contributed by atoms with Gasteiger partial charge in [-0.3, -0.25) is 0 Å². The Kier molecular flexibility index (Phi) is 5.07. The molecule has 1 heterocycles. The third-order valence-corrected chi connectivity index (χ3v) is 3.90. The summed E-state index contributed by atoms with van der Waals surface area (Å²) in [5, 5.41) is 3.01. The Bertz CT molecular complexity index is 662. The summed E-state index contributed by atoms with van der Waals surface area (Å²) in [7, 11) is 0. The molecule has 0 bridgehead atoms. The van der Waals surface area contributed by atoms with Gasteiger partial charge in [-0.15, -0.1) is 0 Å². The molecule has 112 valence electrons. The Morgan fingerprint density at radius 3 is 2.67 bits per heavy atom. The average Bonchev–Trinajstić information content (AvgIpc) is 2.41. The van der Waals surface area contributed by atoms with Crippen molar-refractivity contribution in [3.05, 3.63) is 38.0 Å². The highest BCUT2D eigenvalue weighted by molar-refractivity contribution is 14.1. The van der Waals surface area contributed by atoms with Crippen molar-refractivity contribution in [1.82, 2.24) is 9.97 Å². The van der Waals surface area contributed by atoms with Gasteiger partial charge in [0.25, 0.3) is 0 Å². The van der Waals surface area contributed by atoms with Crippen LogP contribution in [0.2, 0.25) is 0 Å². The molecule has 1 aromatic heterocycles. The Labute approximate surface area is 141 Å². The molecule has 3 nitrogen and oxygen atoms in total. The molecule has 0 aliphatic heterocycles. The van der Waals surface area contributed by atoms with Crippen LogP contribution in [0.15, 0.2) is 28.9 Å². The summed E-state index contributed by atoms with van der Waals surface area (Å²) >= 11 is 5.09. The molecule has 0 fully saturated rings. The van der Waals surface area contributed by atoms with Gasteiger partial charge in [0.1, 0.15) is 5.82 Å². The van der Waals surface area contributed by atoms with Crippen molar-refractivity contribution < 1.29 is 13.2 Å². The molecular formula is C13H10BrF3IN3. The van der Waals surface area contributed by atoms with E-state index in [0.29, 0.717) is 16.8 Å². The molecule has 21 heavy (non-hydrogen) atoms. The molecule has 0 saturated carbocycles. The van der Waals surface area contributed by atoms with Crippen molar-refractivity contribution in [1.29, 1.82) is 0 Å². The van der Waals surface area contributed by atoms with E-state index in [4.69, 9.17) is 0 Å². The number of nitrogens with one attached hydrogen (secondary N) is 1. The smallest absolute Gasteiger partial charge is 0.369 e. The highest BCUT2D eigenvalue weighted by atomic mass is 127. The third kappa shape index (κ3) is 3.85. The molecule has 0 aliphatic rings. The first-order valence-electron chi connectivity index (χ1n) is 5.96. The van der Waals surface area contributed by atoms with Gasteiger partial charge in [0, 0.05) is 22.8 Å². The minimum Gasteiger partial charge on any atom is -0.369 e. The van der Waals surface area contributed by atoms with Crippen LogP contribution < -0.4 is 5.32 Å². The lowest BCUT2D eigenvalue weighted by atomic mass is 10.1. The monoisotopic (exact) mass is 471 g/mol. The van der Waals surface area contributed by atoms with Crippen molar-refractivity contribution in [2.45, 2.75) is 13.1 Å². The lowest BCUT2D eigenvalue weighted by Gasteiger charge is -2.13. The maximum atomic E-state index is 13.1. The van der Waals surface area contributed by atoms with Crippen LogP contribution in [0.25, 0.3) is 11.4 Å².